The predicted molar refractivity (Wildman–Crippen MR) is 81.5 cm³/mol. The van der Waals surface area contributed by atoms with Crippen molar-refractivity contribution in [2.45, 2.75) is 0 Å². The first kappa shape index (κ1) is 15.7. The van der Waals surface area contributed by atoms with Gasteiger partial charge in [-0.2, -0.15) is 0 Å². The number of nitrogens with zero attached hydrogens (tertiary/aromatic N) is 2. The van der Waals surface area contributed by atoms with E-state index in [1.165, 1.54) is 12.1 Å². The predicted octanol–water partition coefficient (Wildman–Crippen LogP) is 3.33. The van der Waals surface area contributed by atoms with E-state index >= 15 is 0 Å². The summed E-state index contributed by atoms with van der Waals surface area (Å²) in [5, 5.41) is 11.0. The molecule has 0 spiro atoms. The van der Waals surface area contributed by atoms with E-state index in [0.29, 0.717) is 5.56 Å². The number of rotatable bonds is 4. The zero-order chi connectivity index (χ0) is 16.1. The first-order valence-corrected chi connectivity index (χ1v) is 6.62. The third-order valence-corrected chi connectivity index (χ3v) is 2.92. The summed E-state index contributed by atoms with van der Waals surface area (Å²) in [4.78, 5) is 21.1. The SMILES string of the molecule is C[n+]1ccc(/C=C/c2ccc(OC(=O)Cl)c([N+](=O)[O-])c2)cc1. The monoisotopic (exact) mass is 319 g/mol. The molecule has 0 fully saturated rings. The Kier molecular flexibility index (Phi) is 4.85. The minimum atomic E-state index is -1.12. The van der Waals surface area contributed by atoms with Crippen molar-refractivity contribution in [1.29, 1.82) is 0 Å². The van der Waals surface area contributed by atoms with Gasteiger partial charge < -0.3 is 4.74 Å². The van der Waals surface area contributed by atoms with Crippen LogP contribution in [0.15, 0.2) is 42.7 Å². The number of ether oxygens (including phenoxy) is 1. The molecule has 0 radical (unpaired) electrons. The normalized spacial score (nSPS) is 10.6. The second kappa shape index (κ2) is 6.82. The van der Waals surface area contributed by atoms with Crippen LogP contribution in [0, 0.1) is 10.1 Å². The molecule has 0 atom stereocenters. The number of hydrogen-bond acceptors (Lipinski definition) is 4. The van der Waals surface area contributed by atoms with Crippen LogP contribution >= 0.6 is 11.6 Å². The van der Waals surface area contributed by atoms with Crippen molar-refractivity contribution in [3.8, 4) is 5.75 Å². The first-order chi connectivity index (χ1) is 10.5. The maximum atomic E-state index is 11.0. The van der Waals surface area contributed by atoms with Gasteiger partial charge in [0.25, 0.3) is 0 Å². The summed E-state index contributed by atoms with van der Waals surface area (Å²) in [5.41, 5.74) is 0.116. The summed E-state index contributed by atoms with van der Waals surface area (Å²) in [6.07, 6.45) is 7.34. The quantitative estimate of drug-likeness (QED) is 0.375. The van der Waals surface area contributed by atoms with Crippen LogP contribution in [0.2, 0.25) is 0 Å². The molecule has 0 aliphatic rings. The number of benzene rings is 1. The van der Waals surface area contributed by atoms with Gasteiger partial charge in [0.1, 0.15) is 7.05 Å². The molecule has 0 amide bonds. The van der Waals surface area contributed by atoms with Crippen molar-refractivity contribution >= 4 is 34.9 Å². The Labute approximate surface area is 131 Å². The number of aryl methyl sites for hydroxylation is 1. The molecule has 0 saturated carbocycles. The largest absolute Gasteiger partial charge is 0.409 e. The molecule has 2 rings (SSSR count). The smallest absolute Gasteiger partial charge is 0.407 e. The van der Waals surface area contributed by atoms with Crippen LogP contribution in [0.1, 0.15) is 11.1 Å². The molecule has 2 aromatic rings. The van der Waals surface area contributed by atoms with Gasteiger partial charge >= 0.3 is 11.1 Å². The van der Waals surface area contributed by atoms with Crippen LogP contribution in [0.5, 0.6) is 5.75 Å². The minimum Gasteiger partial charge on any atom is -0.407 e. The van der Waals surface area contributed by atoms with Crippen LogP contribution in [0.3, 0.4) is 0 Å². The average Bonchev–Trinajstić information content (AvgIpc) is 2.47. The zero-order valence-electron chi connectivity index (χ0n) is 11.6. The summed E-state index contributed by atoms with van der Waals surface area (Å²) >= 11 is 5.08. The number of nitro groups is 1. The lowest BCUT2D eigenvalue weighted by Crippen LogP contribution is -2.25. The summed E-state index contributed by atoms with van der Waals surface area (Å²) in [7, 11) is 1.91. The number of nitro benzene ring substituents is 1. The van der Waals surface area contributed by atoms with E-state index in [1.807, 2.05) is 42.2 Å². The average molecular weight is 320 g/mol. The van der Waals surface area contributed by atoms with Gasteiger partial charge in [0, 0.05) is 29.8 Å². The second-order valence-corrected chi connectivity index (χ2v) is 4.76. The Bertz CT molecular complexity index is 742. The summed E-state index contributed by atoms with van der Waals surface area (Å²) in [6, 6.07) is 8.07. The number of aromatic nitrogens is 1. The van der Waals surface area contributed by atoms with Gasteiger partial charge in [-0.1, -0.05) is 18.2 Å². The maximum Gasteiger partial charge on any atom is 0.409 e. The van der Waals surface area contributed by atoms with E-state index in [1.54, 1.807) is 12.1 Å². The van der Waals surface area contributed by atoms with Gasteiger partial charge in [0.15, 0.2) is 12.4 Å². The third-order valence-electron chi connectivity index (χ3n) is 2.84. The molecule has 6 nitrogen and oxygen atoms in total. The third kappa shape index (κ3) is 4.13. The second-order valence-electron chi connectivity index (χ2n) is 4.45. The maximum absolute atomic E-state index is 11.0. The van der Waals surface area contributed by atoms with Crippen molar-refractivity contribution in [1.82, 2.24) is 0 Å². The standard InChI is InChI=1S/C15H12ClN2O4/c1-17-8-6-11(7-9-17)2-3-12-4-5-14(22-15(16)19)13(10-12)18(20)21/h2-10H,1H3/q+1/b3-2+. The molecule has 1 aromatic carbocycles. The molecule has 0 aliphatic carbocycles. The first-order valence-electron chi connectivity index (χ1n) is 6.25. The van der Waals surface area contributed by atoms with Crippen LogP contribution in [-0.2, 0) is 7.05 Å². The van der Waals surface area contributed by atoms with E-state index in [4.69, 9.17) is 11.6 Å². The van der Waals surface area contributed by atoms with Gasteiger partial charge in [0.2, 0.25) is 5.75 Å². The molecular weight excluding hydrogens is 308 g/mol. The molecule has 0 bridgehead atoms. The van der Waals surface area contributed by atoms with E-state index in [2.05, 4.69) is 4.74 Å². The van der Waals surface area contributed by atoms with Crippen molar-refractivity contribution in [2.75, 3.05) is 0 Å². The number of halogens is 1. The molecular formula is C15H12ClN2O4+. The number of carbonyl (C=O) groups is 1. The van der Waals surface area contributed by atoms with Crippen LogP contribution in [0.4, 0.5) is 10.5 Å². The fourth-order valence-electron chi connectivity index (χ4n) is 1.77. The van der Waals surface area contributed by atoms with Crippen molar-refractivity contribution < 1.29 is 19.0 Å². The highest BCUT2D eigenvalue weighted by Crippen LogP contribution is 2.29. The number of carbonyl (C=O) groups excluding carboxylic acids is 1. The fraction of sp³-hybridized carbons (Fsp3) is 0.0667. The highest BCUT2D eigenvalue weighted by Gasteiger charge is 2.17. The van der Waals surface area contributed by atoms with E-state index in [0.717, 1.165) is 5.56 Å². The molecule has 0 N–H and O–H groups in total. The topological polar surface area (TPSA) is 73.3 Å². The molecule has 0 saturated heterocycles. The Morgan fingerprint density at radius 2 is 1.86 bits per heavy atom. The number of pyridine rings is 1. The Hall–Kier alpha value is -2.73. The molecule has 1 aromatic heterocycles. The van der Waals surface area contributed by atoms with Crippen molar-refractivity contribution in [3.63, 3.8) is 0 Å². The molecule has 0 aliphatic heterocycles. The molecule has 0 unspecified atom stereocenters. The fourth-order valence-corrected chi connectivity index (χ4v) is 1.85. The molecule has 22 heavy (non-hydrogen) atoms. The van der Waals surface area contributed by atoms with Gasteiger partial charge in [-0.05, 0) is 17.2 Å². The summed E-state index contributed by atoms with van der Waals surface area (Å²) < 4.78 is 6.50. The molecule has 7 heteroatoms. The van der Waals surface area contributed by atoms with Gasteiger partial charge in [-0.15, -0.1) is 0 Å². The Morgan fingerprint density at radius 1 is 1.23 bits per heavy atom. The molecule has 112 valence electrons. The lowest BCUT2D eigenvalue weighted by molar-refractivity contribution is -0.671. The van der Waals surface area contributed by atoms with E-state index in [9.17, 15) is 14.9 Å². The van der Waals surface area contributed by atoms with E-state index in [-0.39, 0.29) is 11.4 Å². The van der Waals surface area contributed by atoms with Crippen LogP contribution in [-0.4, -0.2) is 10.4 Å². The number of hydrogen-bond donors (Lipinski definition) is 0. The zero-order valence-corrected chi connectivity index (χ0v) is 12.4. The summed E-state index contributed by atoms with van der Waals surface area (Å²) in [6.45, 7) is 0. The lowest BCUT2D eigenvalue weighted by atomic mass is 10.1. The van der Waals surface area contributed by atoms with E-state index < -0.39 is 10.4 Å². The minimum absolute atomic E-state index is 0.186. The van der Waals surface area contributed by atoms with Gasteiger partial charge in [-0.3, -0.25) is 10.1 Å². The van der Waals surface area contributed by atoms with Crippen molar-refractivity contribution in [3.05, 3.63) is 64.0 Å². The van der Waals surface area contributed by atoms with Gasteiger partial charge in [-0.25, -0.2) is 9.36 Å². The lowest BCUT2D eigenvalue weighted by Gasteiger charge is -2.02. The van der Waals surface area contributed by atoms with Crippen LogP contribution < -0.4 is 9.30 Å². The van der Waals surface area contributed by atoms with Gasteiger partial charge in [0.05, 0.1) is 4.92 Å². The highest BCUT2D eigenvalue weighted by atomic mass is 35.5. The Morgan fingerprint density at radius 3 is 2.45 bits per heavy atom. The highest BCUT2D eigenvalue weighted by molar-refractivity contribution is 6.61. The van der Waals surface area contributed by atoms with Crippen LogP contribution in [0.25, 0.3) is 12.2 Å². The molecule has 1 heterocycles. The Balaban J connectivity index is 2.28. The van der Waals surface area contributed by atoms with Crippen molar-refractivity contribution in [2.24, 2.45) is 7.05 Å². The summed E-state index contributed by atoms with van der Waals surface area (Å²) in [5.74, 6) is -0.186.